The van der Waals surface area contributed by atoms with Crippen molar-refractivity contribution in [3.63, 3.8) is 0 Å². The number of hydrogen-bond acceptors (Lipinski definition) is 8. The zero-order valence-electron chi connectivity index (χ0n) is 25.2. The van der Waals surface area contributed by atoms with Gasteiger partial charge in [-0.1, -0.05) is 41.3 Å². The summed E-state index contributed by atoms with van der Waals surface area (Å²) in [7, 11) is 0. The van der Waals surface area contributed by atoms with Gasteiger partial charge in [-0.25, -0.2) is 4.90 Å². The van der Waals surface area contributed by atoms with Crippen molar-refractivity contribution in [1.29, 1.82) is 0 Å². The van der Waals surface area contributed by atoms with Crippen LogP contribution in [0.4, 0.5) is 30.2 Å². The lowest BCUT2D eigenvalue weighted by molar-refractivity contribution is -0.137. The van der Waals surface area contributed by atoms with Crippen molar-refractivity contribution in [3.8, 4) is 5.75 Å². The van der Waals surface area contributed by atoms with Gasteiger partial charge in [-0.2, -0.15) is 13.2 Å². The zero-order valence-corrected chi connectivity index (χ0v) is 26.8. The third-order valence-electron chi connectivity index (χ3n) is 8.31. The molecule has 9 nitrogen and oxygen atoms in total. The quantitative estimate of drug-likeness (QED) is 0.176. The number of anilines is 3. The molecule has 1 saturated heterocycles. The van der Waals surface area contributed by atoms with E-state index in [1.165, 1.54) is 34.9 Å². The van der Waals surface area contributed by atoms with Gasteiger partial charge in [0.15, 0.2) is 0 Å². The second-order valence-corrected chi connectivity index (χ2v) is 13.2. The number of halogens is 3. The Labute approximate surface area is 275 Å². The second kappa shape index (κ2) is 12.6. The van der Waals surface area contributed by atoms with Crippen LogP contribution in [0.5, 0.6) is 5.75 Å². The fourth-order valence-electron chi connectivity index (χ4n) is 6.06. The summed E-state index contributed by atoms with van der Waals surface area (Å²) >= 11 is 1.85. The van der Waals surface area contributed by atoms with Crippen LogP contribution in [0.2, 0.25) is 0 Å². The number of carbonyl (C=O) groups excluding carboxylic acids is 3. The Morgan fingerprint density at radius 3 is 2.28 bits per heavy atom. The smallest absolute Gasteiger partial charge is 0.416 e. The summed E-state index contributed by atoms with van der Waals surface area (Å²) in [6.07, 6.45) is -4.68. The molecule has 0 radical (unpaired) electrons. The van der Waals surface area contributed by atoms with E-state index in [-0.39, 0.29) is 18.0 Å². The number of alkyl halides is 3. The van der Waals surface area contributed by atoms with E-state index in [2.05, 4.69) is 10.2 Å². The van der Waals surface area contributed by atoms with Crippen molar-refractivity contribution in [1.82, 2.24) is 4.57 Å². The van der Waals surface area contributed by atoms with Crippen LogP contribution >= 0.6 is 23.1 Å². The number of hydrogen-bond donors (Lipinski definition) is 2. The molecule has 0 spiro atoms. The highest BCUT2D eigenvalue weighted by Gasteiger charge is 2.57. The van der Waals surface area contributed by atoms with Crippen LogP contribution in [0.25, 0.3) is 0 Å². The average Bonchev–Trinajstić information content (AvgIpc) is 3.49. The molecule has 1 fully saturated rings. The SMILES string of the molecule is CCN(CC)c1ccc([C@@H]2c3sc(=O)n(CC(=O)Nc4ccc(O)cc4)c3S[C@H]3C(=O)N(c4cccc(C(F)(F)F)c4)C(=O)[C@@H]23)cc1. The molecule has 6 rings (SSSR count). The number of rotatable bonds is 8. The van der Waals surface area contributed by atoms with E-state index in [1.807, 2.05) is 38.1 Å². The molecular weight excluding hydrogens is 654 g/mol. The molecule has 3 amide bonds. The van der Waals surface area contributed by atoms with Crippen molar-refractivity contribution < 1.29 is 32.7 Å². The monoisotopic (exact) mass is 682 g/mol. The van der Waals surface area contributed by atoms with Crippen molar-refractivity contribution in [2.24, 2.45) is 5.92 Å². The Bertz CT molecular complexity index is 1900. The molecule has 1 aromatic heterocycles. The van der Waals surface area contributed by atoms with Crippen LogP contribution in [0.1, 0.15) is 35.8 Å². The molecule has 47 heavy (non-hydrogen) atoms. The maximum absolute atomic E-state index is 14.1. The van der Waals surface area contributed by atoms with Crippen LogP contribution < -0.4 is 20.0 Å². The van der Waals surface area contributed by atoms with Crippen molar-refractivity contribution in [2.45, 2.75) is 42.8 Å². The summed E-state index contributed by atoms with van der Waals surface area (Å²) in [6.45, 7) is 5.19. The Morgan fingerprint density at radius 1 is 0.957 bits per heavy atom. The van der Waals surface area contributed by atoms with Crippen LogP contribution in [0.15, 0.2) is 82.6 Å². The van der Waals surface area contributed by atoms with Crippen LogP contribution in [-0.4, -0.2) is 45.7 Å². The van der Waals surface area contributed by atoms with E-state index in [4.69, 9.17) is 0 Å². The third kappa shape index (κ3) is 6.02. The minimum atomic E-state index is -4.68. The fraction of sp³-hybridized carbons (Fsp3) is 0.273. The molecule has 0 aliphatic carbocycles. The molecule has 3 heterocycles. The number of carbonyl (C=O) groups is 3. The van der Waals surface area contributed by atoms with E-state index in [9.17, 15) is 37.5 Å². The summed E-state index contributed by atoms with van der Waals surface area (Å²) < 4.78 is 42.0. The molecule has 244 valence electrons. The van der Waals surface area contributed by atoms with Gasteiger partial charge in [0.2, 0.25) is 17.7 Å². The Hall–Kier alpha value is -4.56. The summed E-state index contributed by atoms with van der Waals surface area (Å²) in [5, 5.41) is 11.5. The summed E-state index contributed by atoms with van der Waals surface area (Å²) in [6, 6.07) is 17.4. The number of benzene rings is 3. The lowest BCUT2D eigenvalue weighted by Crippen LogP contribution is -2.33. The first-order valence-electron chi connectivity index (χ1n) is 14.8. The predicted molar refractivity (Wildman–Crippen MR) is 174 cm³/mol. The molecule has 14 heteroatoms. The first-order valence-corrected chi connectivity index (χ1v) is 16.5. The number of phenolic OH excluding ortho intramolecular Hbond substituents is 1. The van der Waals surface area contributed by atoms with Crippen molar-refractivity contribution >= 4 is 57.9 Å². The number of imide groups is 1. The molecule has 2 aliphatic rings. The number of thiazole rings is 1. The second-order valence-electron chi connectivity index (χ2n) is 11.1. The predicted octanol–water partition coefficient (Wildman–Crippen LogP) is 5.91. The average molecular weight is 683 g/mol. The minimum absolute atomic E-state index is 0.0169. The zero-order chi connectivity index (χ0) is 33.6. The van der Waals surface area contributed by atoms with Crippen molar-refractivity contribution in [2.75, 3.05) is 28.2 Å². The molecule has 2 aliphatic heterocycles. The number of nitrogens with one attached hydrogen (secondary N) is 1. The topological polar surface area (TPSA) is 112 Å². The van der Waals surface area contributed by atoms with Gasteiger partial charge < -0.3 is 15.3 Å². The van der Waals surface area contributed by atoms with Gasteiger partial charge in [-0.3, -0.25) is 23.7 Å². The molecule has 3 atom stereocenters. The molecular formula is C33H29F3N4O5S2. The highest BCUT2D eigenvalue weighted by atomic mass is 32.2. The molecule has 4 aromatic rings. The lowest BCUT2D eigenvalue weighted by atomic mass is 9.83. The number of phenols is 1. The Morgan fingerprint density at radius 2 is 1.64 bits per heavy atom. The molecule has 0 unspecified atom stereocenters. The standard InChI is InChI=1S/C33H29F3N4O5S2/c1-3-38(4-2)21-12-8-18(9-13-21)25-26-27(30(44)40(29(26)43)22-7-5-6-19(16-22)33(34,35)36)46-31-28(25)47-32(45)39(31)17-24(42)37-20-10-14-23(41)15-11-20/h5-16,25-27,41H,3-4,17H2,1-2H3,(H,37,42)/t25-,26-,27+/m0/s1. The number of amides is 3. The van der Waals surface area contributed by atoms with Gasteiger partial charge in [-0.15, -0.1) is 0 Å². The first-order chi connectivity index (χ1) is 22.4. The maximum Gasteiger partial charge on any atom is 0.416 e. The van der Waals surface area contributed by atoms with Gasteiger partial charge in [0.25, 0.3) is 0 Å². The van der Waals surface area contributed by atoms with Gasteiger partial charge in [0.1, 0.15) is 17.5 Å². The summed E-state index contributed by atoms with van der Waals surface area (Å²) in [5.41, 5.74) is 0.823. The fourth-order valence-corrected chi connectivity index (χ4v) is 8.83. The van der Waals surface area contributed by atoms with E-state index in [1.54, 1.807) is 0 Å². The van der Waals surface area contributed by atoms with E-state index in [0.717, 1.165) is 65.0 Å². The number of thioether (sulfide) groups is 1. The third-order valence-corrected chi connectivity index (χ3v) is 10.9. The molecule has 0 saturated carbocycles. The molecule has 2 N–H and O–H groups in total. The van der Waals surface area contributed by atoms with Gasteiger partial charge >= 0.3 is 11.0 Å². The molecule has 0 bridgehead atoms. The van der Waals surface area contributed by atoms with Crippen LogP contribution in [0.3, 0.4) is 0 Å². The summed E-state index contributed by atoms with van der Waals surface area (Å²) in [5.74, 6) is -3.64. The lowest BCUT2D eigenvalue weighted by Gasteiger charge is -2.31. The number of aromatic nitrogens is 1. The Kier molecular flexibility index (Phi) is 8.66. The first kappa shape index (κ1) is 32.4. The largest absolute Gasteiger partial charge is 0.508 e. The van der Waals surface area contributed by atoms with Gasteiger partial charge in [0, 0.05) is 35.3 Å². The number of nitrogens with zero attached hydrogens (tertiary/aromatic N) is 3. The van der Waals surface area contributed by atoms with E-state index in [0.29, 0.717) is 21.2 Å². The molecule has 3 aromatic carbocycles. The number of aromatic hydroxyl groups is 1. The van der Waals surface area contributed by atoms with Gasteiger partial charge in [-0.05, 0) is 74.0 Å². The highest BCUT2D eigenvalue weighted by Crippen LogP contribution is 2.54. The van der Waals surface area contributed by atoms with E-state index < -0.39 is 51.4 Å². The van der Waals surface area contributed by atoms with Crippen LogP contribution in [-0.2, 0) is 27.1 Å². The Balaban J connectivity index is 1.41. The van der Waals surface area contributed by atoms with Crippen LogP contribution in [0, 0.1) is 5.92 Å². The number of fused-ring (bicyclic) bond motifs is 2. The summed E-state index contributed by atoms with van der Waals surface area (Å²) in [4.78, 5) is 57.5. The normalized spacial score (nSPS) is 19.0. The van der Waals surface area contributed by atoms with E-state index >= 15 is 0 Å². The maximum atomic E-state index is 14.1. The highest BCUT2D eigenvalue weighted by molar-refractivity contribution is 8.00. The van der Waals surface area contributed by atoms with Crippen molar-refractivity contribution in [3.05, 3.63) is 98.5 Å². The minimum Gasteiger partial charge on any atom is -0.508 e. The van der Waals surface area contributed by atoms with Gasteiger partial charge in [0.05, 0.1) is 22.2 Å².